The van der Waals surface area contributed by atoms with Gasteiger partial charge in [0.15, 0.2) is 0 Å². The van der Waals surface area contributed by atoms with Crippen LogP contribution >= 0.6 is 11.8 Å². The molecule has 0 aliphatic carbocycles. The zero-order valence-corrected chi connectivity index (χ0v) is 18.8. The number of carbonyl (C=O) groups excluding carboxylic acids is 2. The molecule has 0 atom stereocenters. The van der Waals surface area contributed by atoms with Gasteiger partial charge in [0.05, 0.1) is 35.9 Å². The van der Waals surface area contributed by atoms with Crippen LogP contribution in [0, 0.1) is 12.7 Å². The van der Waals surface area contributed by atoms with E-state index in [1.165, 1.54) is 23.9 Å². The van der Waals surface area contributed by atoms with Crippen molar-refractivity contribution in [2.45, 2.75) is 63.0 Å². The number of halogens is 1. The summed E-state index contributed by atoms with van der Waals surface area (Å²) in [6, 6.07) is 6.12. The molecule has 1 N–H and O–H groups in total. The molecule has 7 nitrogen and oxygen atoms in total. The highest BCUT2D eigenvalue weighted by Crippen LogP contribution is 2.33. The minimum atomic E-state index is -0.583. The topological polar surface area (TPSA) is 82.5 Å². The molecule has 0 aliphatic rings. The van der Waals surface area contributed by atoms with E-state index in [1.807, 2.05) is 6.92 Å². The predicted octanol–water partition coefficient (Wildman–Crippen LogP) is 4.11. The summed E-state index contributed by atoms with van der Waals surface area (Å²) in [7, 11) is 0. The largest absolute Gasteiger partial charge is 0.466 e. The number of nitrogens with zero attached hydrogens (tertiary/aromatic N) is 2. The van der Waals surface area contributed by atoms with Gasteiger partial charge in [-0.15, -0.1) is 0 Å². The second-order valence-electron chi connectivity index (χ2n) is 7.55. The molecular formula is C21H28FN3O4S. The summed E-state index contributed by atoms with van der Waals surface area (Å²) in [6.07, 6.45) is -0.468. The van der Waals surface area contributed by atoms with E-state index in [0.29, 0.717) is 12.2 Å². The number of amides is 1. The van der Waals surface area contributed by atoms with Gasteiger partial charge in [0.2, 0.25) is 0 Å². The average molecular weight is 438 g/mol. The van der Waals surface area contributed by atoms with E-state index in [2.05, 4.69) is 10.4 Å². The smallest absolute Gasteiger partial charge is 0.407 e. The second-order valence-corrected chi connectivity index (χ2v) is 8.63. The van der Waals surface area contributed by atoms with Gasteiger partial charge < -0.3 is 14.8 Å². The van der Waals surface area contributed by atoms with Crippen LogP contribution in [0.25, 0.3) is 0 Å². The number of benzene rings is 1. The normalized spacial score (nSPS) is 11.3. The van der Waals surface area contributed by atoms with Crippen molar-refractivity contribution in [2.24, 2.45) is 0 Å². The van der Waals surface area contributed by atoms with E-state index in [0.717, 1.165) is 15.5 Å². The first-order valence-corrected chi connectivity index (χ1v) is 10.5. The number of carbonyl (C=O) groups is 2. The fraction of sp³-hybridized carbons (Fsp3) is 0.476. The molecule has 30 heavy (non-hydrogen) atoms. The summed E-state index contributed by atoms with van der Waals surface area (Å²) >= 11 is 1.41. The Morgan fingerprint density at radius 1 is 1.23 bits per heavy atom. The fourth-order valence-corrected chi connectivity index (χ4v) is 3.64. The molecule has 2 rings (SSSR count). The molecule has 0 radical (unpaired) electrons. The lowest BCUT2D eigenvalue weighted by Crippen LogP contribution is -2.34. The van der Waals surface area contributed by atoms with Gasteiger partial charge in [0.1, 0.15) is 11.4 Å². The van der Waals surface area contributed by atoms with E-state index in [9.17, 15) is 14.0 Å². The van der Waals surface area contributed by atoms with Crippen molar-refractivity contribution in [2.75, 3.05) is 13.2 Å². The molecule has 1 amide bonds. The van der Waals surface area contributed by atoms with Crippen LogP contribution in [0.5, 0.6) is 0 Å². The molecule has 1 aromatic heterocycles. The van der Waals surface area contributed by atoms with Crippen molar-refractivity contribution in [3.63, 3.8) is 0 Å². The van der Waals surface area contributed by atoms with Crippen molar-refractivity contribution < 1.29 is 23.5 Å². The second kappa shape index (κ2) is 10.5. The van der Waals surface area contributed by atoms with Crippen LogP contribution in [0.15, 0.2) is 34.1 Å². The Morgan fingerprint density at radius 3 is 2.50 bits per heavy atom. The quantitative estimate of drug-likeness (QED) is 0.626. The van der Waals surface area contributed by atoms with Crippen molar-refractivity contribution >= 4 is 23.8 Å². The predicted molar refractivity (Wildman–Crippen MR) is 112 cm³/mol. The summed E-state index contributed by atoms with van der Waals surface area (Å²) in [4.78, 5) is 25.7. The maximum Gasteiger partial charge on any atom is 0.407 e. The Kier molecular flexibility index (Phi) is 8.28. The highest BCUT2D eigenvalue weighted by atomic mass is 32.2. The van der Waals surface area contributed by atoms with E-state index < -0.39 is 11.7 Å². The van der Waals surface area contributed by atoms with Crippen LogP contribution in [-0.4, -0.2) is 40.6 Å². The first-order chi connectivity index (χ1) is 14.1. The van der Waals surface area contributed by atoms with Crippen molar-refractivity contribution in [1.29, 1.82) is 0 Å². The Morgan fingerprint density at radius 2 is 1.90 bits per heavy atom. The summed E-state index contributed by atoms with van der Waals surface area (Å²) in [5.41, 5.74) is 0.840. The van der Waals surface area contributed by atoms with Gasteiger partial charge >= 0.3 is 12.1 Å². The van der Waals surface area contributed by atoms with Gasteiger partial charge in [-0.05, 0) is 58.9 Å². The van der Waals surface area contributed by atoms with Crippen LogP contribution in [0.2, 0.25) is 0 Å². The first kappa shape index (κ1) is 23.7. The van der Waals surface area contributed by atoms with Gasteiger partial charge in [-0.1, -0.05) is 11.8 Å². The number of ether oxygens (including phenoxy) is 2. The Hall–Kier alpha value is -2.55. The molecule has 0 bridgehead atoms. The zero-order valence-electron chi connectivity index (χ0n) is 18.0. The molecule has 0 unspecified atom stereocenters. The molecule has 0 saturated carbocycles. The number of hydrogen-bond acceptors (Lipinski definition) is 6. The van der Waals surface area contributed by atoms with Crippen molar-refractivity contribution in [1.82, 2.24) is 15.1 Å². The Bertz CT molecular complexity index is 876. The molecule has 9 heteroatoms. The highest BCUT2D eigenvalue weighted by molar-refractivity contribution is 7.99. The molecule has 0 spiro atoms. The number of alkyl carbamates (subject to hydrolysis) is 1. The van der Waals surface area contributed by atoms with E-state index in [-0.39, 0.29) is 31.4 Å². The zero-order chi connectivity index (χ0) is 22.3. The summed E-state index contributed by atoms with van der Waals surface area (Å²) in [5, 5.41) is 7.22. The lowest BCUT2D eigenvalue weighted by molar-refractivity contribution is -0.142. The number of hydrogen-bond donors (Lipinski definition) is 1. The maximum absolute atomic E-state index is 13.2. The van der Waals surface area contributed by atoms with Crippen molar-refractivity contribution in [3.8, 4) is 0 Å². The maximum atomic E-state index is 13.2. The number of aromatic nitrogens is 2. The van der Waals surface area contributed by atoms with Crippen molar-refractivity contribution in [3.05, 3.63) is 41.5 Å². The Labute approximate surface area is 180 Å². The molecule has 0 aliphatic heterocycles. The van der Waals surface area contributed by atoms with Gasteiger partial charge in [-0.3, -0.25) is 9.48 Å². The third kappa shape index (κ3) is 7.37. The van der Waals surface area contributed by atoms with Crippen LogP contribution in [0.4, 0.5) is 9.18 Å². The van der Waals surface area contributed by atoms with E-state index in [4.69, 9.17) is 9.47 Å². The molecule has 0 saturated heterocycles. The lowest BCUT2D eigenvalue weighted by Gasteiger charge is -2.19. The monoisotopic (exact) mass is 437 g/mol. The summed E-state index contributed by atoms with van der Waals surface area (Å²) in [6.45, 7) is 9.90. The standard InChI is InChI=1S/C21H28FN3O4S/c1-6-28-18(26)13-17-19(30-16-9-7-15(22)8-10-16)14(2)24-25(17)12-11-23-20(27)29-21(3,4)5/h7-10H,6,11-13H2,1-5H3,(H,23,27). The average Bonchev–Trinajstić information content (AvgIpc) is 2.91. The van der Waals surface area contributed by atoms with E-state index in [1.54, 1.807) is 44.5 Å². The minimum absolute atomic E-state index is 0.0463. The molecule has 2 aromatic rings. The number of aryl methyl sites for hydroxylation is 1. The van der Waals surface area contributed by atoms with Crippen LogP contribution in [0.1, 0.15) is 39.1 Å². The summed E-state index contributed by atoms with van der Waals surface area (Å²) in [5.74, 6) is -0.675. The van der Waals surface area contributed by atoms with E-state index >= 15 is 0 Å². The fourth-order valence-electron chi connectivity index (χ4n) is 2.65. The van der Waals surface area contributed by atoms with Crippen LogP contribution in [-0.2, 0) is 27.2 Å². The molecule has 164 valence electrons. The highest BCUT2D eigenvalue weighted by Gasteiger charge is 2.21. The molecule has 0 fully saturated rings. The molecule has 1 heterocycles. The minimum Gasteiger partial charge on any atom is -0.466 e. The number of nitrogens with one attached hydrogen (secondary N) is 1. The Balaban J connectivity index is 2.18. The third-order valence-electron chi connectivity index (χ3n) is 3.82. The van der Waals surface area contributed by atoms with Crippen LogP contribution < -0.4 is 5.32 Å². The summed E-state index contributed by atoms with van der Waals surface area (Å²) < 4.78 is 25.2. The van der Waals surface area contributed by atoms with Crippen LogP contribution in [0.3, 0.4) is 0 Å². The van der Waals surface area contributed by atoms with Gasteiger partial charge in [-0.2, -0.15) is 5.10 Å². The van der Waals surface area contributed by atoms with Gasteiger partial charge in [0, 0.05) is 11.4 Å². The first-order valence-electron chi connectivity index (χ1n) is 9.71. The number of esters is 1. The number of rotatable bonds is 8. The molecular weight excluding hydrogens is 409 g/mol. The van der Waals surface area contributed by atoms with Gasteiger partial charge in [0.25, 0.3) is 0 Å². The SMILES string of the molecule is CCOC(=O)Cc1c(Sc2ccc(F)cc2)c(C)nn1CCNC(=O)OC(C)(C)C. The lowest BCUT2D eigenvalue weighted by atomic mass is 10.2. The molecule has 1 aromatic carbocycles. The van der Waals surface area contributed by atoms with Gasteiger partial charge in [-0.25, -0.2) is 9.18 Å². The third-order valence-corrected chi connectivity index (χ3v) is 5.06.